The summed E-state index contributed by atoms with van der Waals surface area (Å²) >= 11 is 6.20. The molecule has 0 radical (unpaired) electrons. The third kappa shape index (κ3) is 3.22. The Morgan fingerprint density at radius 3 is 2.47 bits per heavy atom. The number of unbranched alkanes of at least 4 members (excludes halogenated alkanes) is 1. The van der Waals surface area contributed by atoms with Crippen LogP contribution in [-0.2, 0) is 0 Å². The van der Waals surface area contributed by atoms with E-state index >= 15 is 0 Å². The monoisotopic (exact) mass is 225 g/mol. The van der Waals surface area contributed by atoms with Crippen LogP contribution in [0.5, 0.6) is 0 Å². The van der Waals surface area contributed by atoms with Crippen LogP contribution in [0.1, 0.15) is 48.9 Å². The summed E-state index contributed by atoms with van der Waals surface area (Å²) in [6, 6.07) is 4.22. The van der Waals surface area contributed by atoms with E-state index in [4.69, 9.17) is 17.3 Å². The Bertz CT molecular complexity index is 334. The van der Waals surface area contributed by atoms with Gasteiger partial charge in [0.25, 0.3) is 0 Å². The van der Waals surface area contributed by atoms with Crippen molar-refractivity contribution in [1.82, 2.24) is 0 Å². The lowest BCUT2D eigenvalue weighted by atomic mass is 9.98. The highest BCUT2D eigenvalue weighted by atomic mass is 35.5. The number of nitrogens with two attached hydrogens (primary N) is 1. The summed E-state index contributed by atoms with van der Waals surface area (Å²) < 4.78 is 0. The fourth-order valence-electron chi connectivity index (χ4n) is 1.67. The number of benzene rings is 1. The van der Waals surface area contributed by atoms with Crippen LogP contribution in [0.2, 0.25) is 5.02 Å². The third-order valence-corrected chi connectivity index (χ3v) is 3.21. The van der Waals surface area contributed by atoms with Crippen molar-refractivity contribution in [3.8, 4) is 0 Å². The largest absolute Gasteiger partial charge is 0.324 e. The Hall–Kier alpha value is -0.530. The molecule has 0 spiro atoms. The van der Waals surface area contributed by atoms with Crippen LogP contribution in [0.4, 0.5) is 0 Å². The zero-order chi connectivity index (χ0) is 11.4. The highest BCUT2D eigenvalue weighted by Crippen LogP contribution is 2.27. The standard InChI is InChI=1S/C13H20ClN/c1-4-5-6-13(15)11-7-9(2)10(3)8-12(11)14/h7-8,13H,4-6,15H2,1-3H3. The maximum absolute atomic E-state index is 6.20. The zero-order valence-corrected chi connectivity index (χ0v) is 10.6. The Morgan fingerprint density at radius 2 is 1.87 bits per heavy atom. The van der Waals surface area contributed by atoms with Crippen LogP contribution in [0.25, 0.3) is 0 Å². The van der Waals surface area contributed by atoms with Gasteiger partial charge >= 0.3 is 0 Å². The molecule has 1 rings (SSSR count). The summed E-state index contributed by atoms with van der Waals surface area (Å²) in [5.41, 5.74) is 9.70. The molecule has 0 amide bonds. The van der Waals surface area contributed by atoms with E-state index in [1.54, 1.807) is 0 Å². The predicted octanol–water partition coefficient (Wildman–Crippen LogP) is 4.15. The van der Waals surface area contributed by atoms with Gasteiger partial charge in [-0.2, -0.15) is 0 Å². The normalized spacial score (nSPS) is 12.9. The van der Waals surface area contributed by atoms with Gasteiger partial charge in [0.05, 0.1) is 0 Å². The highest BCUT2D eigenvalue weighted by Gasteiger charge is 2.10. The molecule has 0 aromatic heterocycles. The van der Waals surface area contributed by atoms with Crippen molar-refractivity contribution in [3.05, 3.63) is 33.8 Å². The van der Waals surface area contributed by atoms with Crippen LogP contribution in [0.3, 0.4) is 0 Å². The molecule has 0 saturated heterocycles. The van der Waals surface area contributed by atoms with Crippen LogP contribution in [0, 0.1) is 13.8 Å². The number of rotatable bonds is 4. The van der Waals surface area contributed by atoms with Gasteiger partial charge in [-0.15, -0.1) is 0 Å². The molecule has 1 unspecified atom stereocenters. The number of aryl methyl sites for hydroxylation is 2. The van der Waals surface area contributed by atoms with Crippen molar-refractivity contribution in [2.75, 3.05) is 0 Å². The first kappa shape index (κ1) is 12.5. The van der Waals surface area contributed by atoms with Crippen molar-refractivity contribution in [3.63, 3.8) is 0 Å². The number of hydrogen-bond acceptors (Lipinski definition) is 1. The van der Waals surface area contributed by atoms with Gasteiger partial charge in [0.2, 0.25) is 0 Å². The minimum atomic E-state index is 0.0803. The third-order valence-electron chi connectivity index (χ3n) is 2.88. The number of hydrogen-bond donors (Lipinski definition) is 1. The number of halogens is 1. The highest BCUT2D eigenvalue weighted by molar-refractivity contribution is 6.31. The zero-order valence-electron chi connectivity index (χ0n) is 9.81. The Labute approximate surface area is 97.6 Å². The first-order chi connectivity index (χ1) is 7.06. The molecule has 0 heterocycles. The second-order valence-corrected chi connectivity index (χ2v) is 4.61. The maximum Gasteiger partial charge on any atom is 0.0456 e. The molecule has 0 aliphatic rings. The lowest BCUT2D eigenvalue weighted by Crippen LogP contribution is -2.11. The average molecular weight is 226 g/mol. The summed E-state index contributed by atoms with van der Waals surface area (Å²) in [6.07, 6.45) is 3.35. The van der Waals surface area contributed by atoms with E-state index in [0.29, 0.717) is 0 Å². The van der Waals surface area contributed by atoms with Gasteiger partial charge in [-0.05, 0) is 43.0 Å². The predicted molar refractivity (Wildman–Crippen MR) is 67.4 cm³/mol. The van der Waals surface area contributed by atoms with E-state index in [9.17, 15) is 0 Å². The van der Waals surface area contributed by atoms with E-state index in [1.165, 1.54) is 17.5 Å². The van der Waals surface area contributed by atoms with Gasteiger partial charge in [0, 0.05) is 11.1 Å². The van der Waals surface area contributed by atoms with Gasteiger partial charge < -0.3 is 5.73 Å². The molecule has 0 aliphatic carbocycles. The van der Waals surface area contributed by atoms with Crippen LogP contribution in [-0.4, -0.2) is 0 Å². The molecule has 1 atom stereocenters. The smallest absolute Gasteiger partial charge is 0.0456 e. The molecule has 1 nitrogen and oxygen atoms in total. The van der Waals surface area contributed by atoms with E-state index in [0.717, 1.165) is 23.4 Å². The van der Waals surface area contributed by atoms with E-state index in [-0.39, 0.29) is 6.04 Å². The molecule has 2 heteroatoms. The van der Waals surface area contributed by atoms with E-state index in [2.05, 4.69) is 26.8 Å². The lowest BCUT2D eigenvalue weighted by molar-refractivity contribution is 0.603. The van der Waals surface area contributed by atoms with Crippen molar-refractivity contribution < 1.29 is 0 Å². The first-order valence-corrected chi connectivity index (χ1v) is 5.96. The van der Waals surface area contributed by atoms with Crippen LogP contribution < -0.4 is 5.73 Å². The molecule has 0 aliphatic heterocycles. The summed E-state index contributed by atoms with van der Waals surface area (Å²) in [4.78, 5) is 0. The average Bonchev–Trinajstić information content (AvgIpc) is 2.20. The first-order valence-electron chi connectivity index (χ1n) is 5.58. The fourth-order valence-corrected chi connectivity index (χ4v) is 2.03. The molecule has 2 N–H and O–H groups in total. The minimum absolute atomic E-state index is 0.0803. The Kier molecular flexibility index (Phi) is 4.62. The Morgan fingerprint density at radius 1 is 1.27 bits per heavy atom. The summed E-state index contributed by atoms with van der Waals surface area (Å²) in [7, 11) is 0. The van der Waals surface area contributed by atoms with Gasteiger partial charge in [0.1, 0.15) is 0 Å². The van der Waals surface area contributed by atoms with Gasteiger partial charge in [-0.3, -0.25) is 0 Å². The van der Waals surface area contributed by atoms with Crippen LogP contribution >= 0.6 is 11.6 Å². The molecule has 15 heavy (non-hydrogen) atoms. The van der Waals surface area contributed by atoms with Crippen molar-refractivity contribution >= 4 is 11.6 Å². The van der Waals surface area contributed by atoms with Crippen molar-refractivity contribution in [1.29, 1.82) is 0 Å². The molecule has 84 valence electrons. The summed E-state index contributed by atoms with van der Waals surface area (Å²) in [6.45, 7) is 6.35. The molecule has 1 aromatic carbocycles. The quantitative estimate of drug-likeness (QED) is 0.819. The molecule has 1 aromatic rings. The van der Waals surface area contributed by atoms with Gasteiger partial charge in [0.15, 0.2) is 0 Å². The minimum Gasteiger partial charge on any atom is -0.324 e. The van der Waals surface area contributed by atoms with Gasteiger partial charge in [-0.1, -0.05) is 37.4 Å². The van der Waals surface area contributed by atoms with Crippen LogP contribution in [0.15, 0.2) is 12.1 Å². The second kappa shape index (κ2) is 5.53. The molecule has 0 fully saturated rings. The van der Waals surface area contributed by atoms with E-state index < -0.39 is 0 Å². The Balaban J connectivity index is 2.88. The summed E-state index contributed by atoms with van der Waals surface area (Å²) in [5, 5.41) is 0.807. The molecular formula is C13H20ClN. The summed E-state index contributed by atoms with van der Waals surface area (Å²) in [5.74, 6) is 0. The van der Waals surface area contributed by atoms with Crippen molar-refractivity contribution in [2.45, 2.75) is 46.1 Å². The second-order valence-electron chi connectivity index (χ2n) is 4.21. The van der Waals surface area contributed by atoms with Gasteiger partial charge in [-0.25, -0.2) is 0 Å². The molecule has 0 saturated carbocycles. The molecule has 0 bridgehead atoms. The topological polar surface area (TPSA) is 26.0 Å². The molecular weight excluding hydrogens is 206 g/mol. The van der Waals surface area contributed by atoms with Crippen molar-refractivity contribution in [2.24, 2.45) is 5.73 Å². The maximum atomic E-state index is 6.20. The fraction of sp³-hybridized carbons (Fsp3) is 0.538. The van der Waals surface area contributed by atoms with E-state index in [1.807, 2.05) is 6.07 Å². The lowest BCUT2D eigenvalue weighted by Gasteiger charge is -2.15. The SMILES string of the molecule is CCCCC(N)c1cc(C)c(C)cc1Cl.